The average molecular weight is 244 g/mol. The number of nitrogens with one attached hydrogen (secondary N) is 1. The number of amidine groups is 1. The third-order valence-electron chi connectivity index (χ3n) is 1.97. The van der Waals surface area contributed by atoms with E-state index in [4.69, 9.17) is 5.11 Å². The molecule has 0 spiro atoms. The topological polar surface area (TPSA) is 95.8 Å². The lowest BCUT2D eigenvalue weighted by Crippen LogP contribution is -2.42. The molecule has 1 heterocycles. The summed E-state index contributed by atoms with van der Waals surface area (Å²) in [4.78, 5) is 36.9. The summed E-state index contributed by atoms with van der Waals surface area (Å²) >= 11 is 0.831. The van der Waals surface area contributed by atoms with Gasteiger partial charge in [-0.3, -0.25) is 14.4 Å². The van der Waals surface area contributed by atoms with Crippen molar-refractivity contribution in [2.75, 3.05) is 5.75 Å². The van der Waals surface area contributed by atoms with Gasteiger partial charge in [0.05, 0.1) is 5.75 Å². The standard InChI is InChI=1S/C9H12N2O4S/c1-2-3-5-7(14)10-9(11-8(5)15)16-4-6(12)13/h5H,2-4H2,1H3,(H,12,13)(H,10,11,14,15). The van der Waals surface area contributed by atoms with E-state index in [0.29, 0.717) is 6.42 Å². The van der Waals surface area contributed by atoms with Gasteiger partial charge >= 0.3 is 5.97 Å². The zero-order valence-electron chi connectivity index (χ0n) is 8.73. The molecule has 0 saturated carbocycles. The van der Waals surface area contributed by atoms with Crippen molar-refractivity contribution < 1.29 is 19.5 Å². The highest BCUT2D eigenvalue weighted by Gasteiger charge is 2.31. The van der Waals surface area contributed by atoms with Crippen LogP contribution in [0.25, 0.3) is 0 Å². The molecule has 0 radical (unpaired) electrons. The highest BCUT2D eigenvalue weighted by Crippen LogP contribution is 2.15. The van der Waals surface area contributed by atoms with Crippen LogP contribution in [0.15, 0.2) is 4.99 Å². The Morgan fingerprint density at radius 3 is 2.75 bits per heavy atom. The van der Waals surface area contributed by atoms with Gasteiger partial charge < -0.3 is 10.4 Å². The van der Waals surface area contributed by atoms with Gasteiger partial charge in [-0.25, -0.2) is 0 Å². The maximum atomic E-state index is 11.5. The van der Waals surface area contributed by atoms with Gasteiger partial charge in [-0.15, -0.1) is 0 Å². The van der Waals surface area contributed by atoms with Crippen LogP contribution in [0.1, 0.15) is 19.8 Å². The molecule has 0 aromatic heterocycles. The molecule has 2 N–H and O–H groups in total. The molecule has 0 aromatic rings. The second kappa shape index (κ2) is 5.64. The Hall–Kier alpha value is -1.37. The lowest BCUT2D eigenvalue weighted by atomic mass is 10.0. The van der Waals surface area contributed by atoms with E-state index < -0.39 is 23.7 Å². The number of aliphatic imine (C=N–C) groups is 1. The molecule has 16 heavy (non-hydrogen) atoms. The van der Waals surface area contributed by atoms with E-state index in [2.05, 4.69) is 10.3 Å². The van der Waals surface area contributed by atoms with E-state index in [9.17, 15) is 14.4 Å². The molecule has 0 aliphatic carbocycles. The summed E-state index contributed by atoms with van der Waals surface area (Å²) in [7, 11) is 0. The van der Waals surface area contributed by atoms with E-state index in [1.165, 1.54) is 0 Å². The van der Waals surface area contributed by atoms with Crippen molar-refractivity contribution in [3.05, 3.63) is 0 Å². The number of carboxylic acids is 1. The van der Waals surface area contributed by atoms with Gasteiger partial charge in [-0.1, -0.05) is 25.1 Å². The molecule has 88 valence electrons. The Labute approximate surface area is 96.5 Å². The summed E-state index contributed by atoms with van der Waals surface area (Å²) in [6, 6.07) is 0. The molecule has 1 aliphatic rings. The molecule has 7 heteroatoms. The van der Waals surface area contributed by atoms with Gasteiger partial charge in [0.25, 0.3) is 5.91 Å². The normalized spacial score (nSPS) is 20.3. The number of rotatable bonds is 4. The fourth-order valence-corrected chi connectivity index (χ4v) is 1.84. The molecular formula is C9H12N2O4S. The zero-order chi connectivity index (χ0) is 12.1. The number of amides is 2. The summed E-state index contributed by atoms with van der Waals surface area (Å²) in [6.45, 7) is 1.87. The van der Waals surface area contributed by atoms with Gasteiger partial charge in [0.2, 0.25) is 5.91 Å². The number of carbonyl (C=O) groups excluding carboxylic acids is 2. The highest BCUT2D eigenvalue weighted by atomic mass is 32.2. The Morgan fingerprint density at radius 1 is 1.56 bits per heavy atom. The first kappa shape index (κ1) is 12.7. The maximum absolute atomic E-state index is 11.5. The third-order valence-corrected chi connectivity index (χ3v) is 2.82. The van der Waals surface area contributed by atoms with Crippen LogP contribution in [-0.2, 0) is 14.4 Å². The molecule has 6 nitrogen and oxygen atoms in total. The summed E-state index contributed by atoms with van der Waals surface area (Å²) in [5, 5.41) is 10.9. The number of hydrogen-bond acceptors (Lipinski definition) is 4. The molecule has 2 amide bonds. The van der Waals surface area contributed by atoms with E-state index in [1.807, 2.05) is 6.92 Å². The van der Waals surface area contributed by atoms with E-state index in [0.717, 1.165) is 18.2 Å². The first-order chi connectivity index (χ1) is 7.54. The minimum Gasteiger partial charge on any atom is -0.481 e. The smallest absolute Gasteiger partial charge is 0.313 e. The summed E-state index contributed by atoms with van der Waals surface area (Å²) in [6.07, 6.45) is 1.18. The molecule has 1 atom stereocenters. The first-order valence-corrected chi connectivity index (χ1v) is 5.81. The number of aliphatic carboxylic acids is 1. The first-order valence-electron chi connectivity index (χ1n) is 4.82. The van der Waals surface area contributed by atoms with Crippen LogP contribution in [-0.4, -0.2) is 33.8 Å². The van der Waals surface area contributed by atoms with Crippen LogP contribution < -0.4 is 5.32 Å². The van der Waals surface area contributed by atoms with Crippen LogP contribution in [0.2, 0.25) is 0 Å². The summed E-state index contributed by atoms with van der Waals surface area (Å²) in [5.74, 6) is -2.86. The molecule has 0 aromatic carbocycles. The van der Waals surface area contributed by atoms with Crippen LogP contribution in [0, 0.1) is 5.92 Å². The van der Waals surface area contributed by atoms with Crippen LogP contribution in [0.5, 0.6) is 0 Å². The fraction of sp³-hybridized carbons (Fsp3) is 0.556. The van der Waals surface area contributed by atoms with Gasteiger partial charge in [0, 0.05) is 0 Å². The molecule has 0 bridgehead atoms. The van der Waals surface area contributed by atoms with Crippen molar-refractivity contribution in [1.82, 2.24) is 5.32 Å². The Morgan fingerprint density at radius 2 is 2.25 bits per heavy atom. The van der Waals surface area contributed by atoms with Gasteiger partial charge in [0.15, 0.2) is 5.17 Å². The van der Waals surface area contributed by atoms with Crippen molar-refractivity contribution in [2.45, 2.75) is 19.8 Å². The number of carboxylic acid groups (broad SMARTS) is 1. The molecule has 0 fully saturated rings. The third kappa shape index (κ3) is 3.34. The quantitative estimate of drug-likeness (QED) is 0.690. The lowest BCUT2D eigenvalue weighted by molar-refractivity contribution is -0.135. The predicted octanol–water partition coefficient (Wildman–Crippen LogP) is 0.233. The van der Waals surface area contributed by atoms with Gasteiger partial charge in [-0.05, 0) is 6.42 Å². The van der Waals surface area contributed by atoms with Crippen molar-refractivity contribution in [3.8, 4) is 0 Å². The Kier molecular flexibility index (Phi) is 4.48. The number of thioether (sulfide) groups is 1. The van der Waals surface area contributed by atoms with Crippen molar-refractivity contribution in [1.29, 1.82) is 0 Å². The molecule has 1 rings (SSSR count). The van der Waals surface area contributed by atoms with Crippen LogP contribution in [0.4, 0.5) is 0 Å². The minimum atomic E-state index is -1.02. The van der Waals surface area contributed by atoms with E-state index in [1.54, 1.807) is 0 Å². The van der Waals surface area contributed by atoms with Gasteiger partial charge in [-0.2, -0.15) is 4.99 Å². The summed E-state index contributed by atoms with van der Waals surface area (Å²) < 4.78 is 0. The van der Waals surface area contributed by atoms with Crippen molar-refractivity contribution >= 4 is 34.7 Å². The largest absolute Gasteiger partial charge is 0.481 e. The lowest BCUT2D eigenvalue weighted by Gasteiger charge is -2.18. The van der Waals surface area contributed by atoms with Crippen molar-refractivity contribution in [2.24, 2.45) is 10.9 Å². The maximum Gasteiger partial charge on any atom is 0.313 e. The minimum absolute atomic E-state index is 0.0738. The molecule has 1 unspecified atom stereocenters. The molecule has 0 saturated heterocycles. The predicted molar refractivity (Wildman–Crippen MR) is 59.1 cm³/mol. The second-order valence-electron chi connectivity index (χ2n) is 3.27. The molecule has 1 aliphatic heterocycles. The second-order valence-corrected chi connectivity index (χ2v) is 4.23. The highest BCUT2D eigenvalue weighted by molar-refractivity contribution is 8.14. The average Bonchev–Trinajstić information content (AvgIpc) is 2.20. The Balaban J connectivity index is 2.64. The number of nitrogens with zero attached hydrogens (tertiary/aromatic N) is 1. The number of carbonyl (C=O) groups is 3. The van der Waals surface area contributed by atoms with E-state index in [-0.39, 0.29) is 10.9 Å². The fourth-order valence-electron chi connectivity index (χ4n) is 1.25. The number of hydrogen-bond donors (Lipinski definition) is 2. The Bertz CT molecular complexity index is 353. The SMILES string of the molecule is CCCC1C(=O)N=C(SCC(=O)O)NC1=O. The monoisotopic (exact) mass is 244 g/mol. The van der Waals surface area contributed by atoms with E-state index >= 15 is 0 Å². The van der Waals surface area contributed by atoms with Gasteiger partial charge in [0.1, 0.15) is 5.92 Å². The zero-order valence-corrected chi connectivity index (χ0v) is 9.54. The van der Waals surface area contributed by atoms with Crippen LogP contribution in [0.3, 0.4) is 0 Å². The summed E-state index contributed by atoms with van der Waals surface area (Å²) in [5.41, 5.74) is 0. The molecular weight excluding hydrogens is 232 g/mol. The van der Waals surface area contributed by atoms with Crippen molar-refractivity contribution in [3.63, 3.8) is 0 Å². The van der Waals surface area contributed by atoms with Crippen LogP contribution >= 0.6 is 11.8 Å².